The van der Waals surface area contributed by atoms with Crippen LogP contribution in [0.5, 0.6) is 0 Å². The minimum atomic E-state index is -3.03. The first kappa shape index (κ1) is 14.0. The van der Waals surface area contributed by atoms with Crippen LogP contribution < -0.4 is 4.90 Å². The quantitative estimate of drug-likeness (QED) is 0.767. The third kappa shape index (κ3) is 4.02. The number of nitrogens with zero attached hydrogens (tertiary/aromatic N) is 1. The van der Waals surface area contributed by atoms with Crippen molar-refractivity contribution in [3.05, 3.63) is 28.8 Å². The first-order valence-corrected chi connectivity index (χ1v) is 7.41. The minimum absolute atomic E-state index is 0.0209. The highest BCUT2D eigenvalue weighted by molar-refractivity contribution is 7.90. The van der Waals surface area contributed by atoms with Gasteiger partial charge in [-0.05, 0) is 12.1 Å². The molecule has 0 aliphatic rings. The molecule has 6 heteroatoms. The number of rotatable bonds is 5. The molecule has 0 heterocycles. The van der Waals surface area contributed by atoms with Crippen molar-refractivity contribution in [3.8, 4) is 0 Å². The molecule has 0 fully saturated rings. The second kappa shape index (κ2) is 5.51. The van der Waals surface area contributed by atoms with E-state index in [1.54, 1.807) is 30.1 Å². The van der Waals surface area contributed by atoms with Gasteiger partial charge in [0.2, 0.25) is 0 Å². The van der Waals surface area contributed by atoms with Crippen LogP contribution in [-0.2, 0) is 9.84 Å². The zero-order chi connectivity index (χ0) is 13.1. The lowest BCUT2D eigenvalue weighted by molar-refractivity contribution is 0.112. The van der Waals surface area contributed by atoms with Crippen molar-refractivity contribution in [2.75, 3.05) is 30.5 Å². The number of para-hydroxylation sites is 1. The summed E-state index contributed by atoms with van der Waals surface area (Å²) in [6.07, 6.45) is 1.88. The topological polar surface area (TPSA) is 54.5 Å². The predicted molar refractivity (Wildman–Crippen MR) is 69.8 cm³/mol. The van der Waals surface area contributed by atoms with Gasteiger partial charge in [0, 0.05) is 25.4 Å². The maximum Gasteiger partial charge on any atom is 0.152 e. The van der Waals surface area contributed by atoms with E-state index in [0.29, 0.717) is 29.1 Å². The second-order valence-corrected chi connectivity index (χ2v) is 6.51. The Kier molecular flexibility index (Phi) is 4.54. The number of sulfone groups is 1. The molecule has 4 nitrogen and oxygen atoms in total. The largest absolute Gasteiger partial charge is 0.372 e. The normalized spacial score (nSPS) is 11.2. The molecule has 0 aromatic heterocycles. The highest BCUT2D eigenvalue weighted by Crippen LogP contribution is 2.27. The summed E-state index contributed by atoms with van der Waals surface area (Å²) in [6.45, 7) is 0.295. The van der Waals surface area contributed by atoms with Crippen molar-refractivity contribution >= 4 is 33.4 Å². The van der Waals surface area contributed by atoms with Gasteiger partial charge in [0.25, 0.3) is 0 Å². The van der Waals surface area contributed by atoms with Crippen LogP contribution in [0.25, 0.3) is 0 Å². The summed E-state index contributed by atoms with van der Waals surface area (Å²) in [6, 6.07) is 4.99. The first-order chi connectivity index (χ1) is 7.85. The standard InChI is InChI=1S/C11H14ClNO3S/c1-13(6-7-17(2,15)16)11-9(8-14)4-3-5-10(11)12/h3-5,8H,6-7H2,1-2H3. The Balaban J connectivity index is 2.95. The van der Waals surface area contributed by atoms with Gasteiger partial charge in [-0.3, -0.25) is 4.79 Å². The van der Waals surface area contributed by atoms with Crippen molar-refractivity contribution in [2.24, 2.45) is 0 Å². The predicted octanol–water partition coefficient (Wildman–Crippen LogP) is 1.63. The molecule has 0 N–H and O–H groups in total. The molecule has 17 heavy (non-hydrogen) atoms. The molecular weight excluding hydrogens is 262 g/mol. The molecule has 0 atom stereocenters. The van der Waals surface area contributed by atoms with E-state index in [1.807, 2.05) is 0 Å². The average Bonchev–Trinajstić information content (AvgIpc) is 2.24. The Morgan fingerprint density at radius 2 is 2.06 bits per heavy atom. The summed E-state index contributed by atoms with van der Waals surface area (Å²) in [4.78, 5) is 12.6. The van der Waals surface area contributed by atoms with Crippen LogP contribution in [0.15, 0.2) is 18.2 Å². The molecule has 0 aliphatic carbocycles. The van der Waals surface area contributed by atoms with E-state index in [-0.39, 0.29) is 5.75 Å². The van der Waals surface area contributed by atoms with Crippen LogP contribution >= 0.6 is 11.6 Å². The molecular formula is C11H14ClNO3S. The van der Waals surface area contributed by atoms with Gasteiger partial charge >= 0.3 is 0 Å². The van der Waals surface area contributed by atoms with Crippen LogP contribution in [0, 0.1) is 0 Å². The summed E-state index contributed by atoms with van der Waals surface area (Å²) in [5.41, 5.74) is 1.02. The highest BCUT2D eigenvalue weighted by atomic mass is 35.5. The Bertz CT molecular complexity index is 513. The van der Waals surface area contributed by atoms with Crippen molar-refractivity contribution in [2.45, 2.75) is 0 Å². The SMILES string of the molecule is CN(CCS(C)(=O)=O)c1c(Cl)cccc1C=O. The Labute approximate surface area is 106 Å². The van der Waals surface area contributed by atoms with Gasteiger partial charge in [-0.25, -0.2) is 8.42 Å². The van der Waals surface area contributed by atoms with Gasteiger partial charge in [-0.1, -0.05) is 17.7 Å². The van der Waals surface area contributed by atoms with Crippen molar-refractivity contribution in [1.82, 2.24) is 0 Å². The van der Waals surface area contributed by atoms with Crippen LogP contribution in [-0.4, -0.2) is 40.3 Å². The fourth-order valence-electron chi connectivity index (χ4n) is 1.44. The fourth-order valence-corrected chi connectivity index (χ4v) is 2.38. The average molecular weight is 276 g/mol. The van der Waals surface area contributed by atoms with Crippen molar-refractivity contribution in [1.29, 1.82) is 0 Å². The summed E-state index contributed by atoms with van der Waals surface area (Å²) in [5, 5.41) is 0.436. The van der Waals surface area contributed by atoms with Crippen LogP contribution in [0.2, 0.25) is 5.02 Å². The molecule has 0 saturated carbocycles. The lowest BCUT2D eigenvalue weighted by Gasteiger charge is -2.21. The molecule has 0 unspecified atom stereocenters. The lowest BCUT2D eigenvalue weighted by atomic mass is 10.2. The van der Waals surface area contributed by atoms with E-state index >= 15 is 0 Å². The maximum atomic E-state index is 11.1. The minimum Gasteiger partial charge on any atom is -0.372 e. The van der Waals surface area contributed by atoms with Gasteiger partial charge in [-0.15, -0.1) is 0 Å². The van der Waals surface area contributed by atoms with Gasteiger partial charge in [0.05, 0.1) is 16.5 Å². The monoisotopic (exact) mass is 275 g/mol. The second-order valence-electron chi connectivity index (χ2n) is 3.85. The summed E-state index contributed by atoms with van der Waals surface area (Å²) < 4.78 is 22.2. The zero-order valence-electron chi connectivity index (χ0n) is 9.68. The van der Waals surface area contributed by atoms with E-state index in [4.69, 9.17) is 11.6 Å². The molecule has 0 aliphatic heterocycles. The first-order valence-electron chi connectivity index (χ1n) is 4.97. The Morgan fingerprint density at radius 3 is 2.59 bits per heavy atom. The number of benzene rings is 1. The molecule has 0 bridgehead atoms. The van der Waals surface area contributed by atoms with Crippen molar-refractivity contribution in [3.63, 3.8) is 0 Å². The highest BCUT2D eigenvalue weighted by Gasteiger charge is 2.13. The van der Waals surface area contributed by atoms with Crippen LogP contribution in [0.3, 0.4) is 0 Å². The van der Waals surface area contributed by atoms with E-state index in [9.17, 15) is 13.2 Å². The van der Waals surface area contributed by atoms with Crippen LogP contribution in [0.4, 0.5) is 5.69 Å². The van der Waals surface area contributed by atoms with Gasteiger partial charge in [0.1, 0.15) is 9.84 Å². The molecule has 1 aromatic rings. The van der Waals surface area contributed by atoms with E-state index in [1.165, 1.54) is 6.26 Å². The third-order valence-electron chi connectivity index (χ3n) is 2.32. The van der Waals surface area contributed by atoms with E-state index in [2.05, 4.69) is 0 Å². The number of carbonyl (C=O) groups excluding carboxylic acids is 1. The number of anilines is 1. The lowest BCUT2D eigenvalue weighted by Crippen LogP contribution is -2.26. The fraction of sp³-hybridized carbons (Fsp3) is 0.364. The van der Waals surface area contributed by atoms with Crippen LogP contribution in [0.1, 0.15) is 10.4 Å². The molecule has 94 valence electrons. The Morgan fingerprint density at radius 1 is 1.41 bits per heavy atom. The summed E-state index contributed by atoms with van der Waals surface area (Å²) in [7, 11) is -1.32. The number of halogens is 1. The number of hydrogen-bond donors (Lipinski definition) is 0. The molecule has 0 saturated heterocycles. The number of hydrogen-bond acceptors (Lipinski definition) is 4. The number of aldehydes is 1. The Hall–Kier alpha value is -1.07. The van der Waals surface area contributed by atoms with Gasteiger partial charge in [-0.2, -0.15) is 0 Å². The third-order valence-corrected chi connectivity index (χ3v) is 3.55. The smallest absolute Gasteiger partial charge is 0.152 e. The zero-order valence-corrected chi connectivity index (χ0v) is 11.3. The molecule has 0 radical (unpaired) electrons. The number of carbonyl (C=O) groups is 1. The summed E-state index contributed by atoms with van der Waals surface area (Å²) in [5.74, 6) is 0.0209. The van der Waals surface area contributed by atoms with Gasteiger partial charge in [0.15, 0.2) is 6.29 Å². The molecule has 0 amide bonds. The molecule has 1 rings (SSSR count). The molecule has 0 spiro atoms. The maximum absolute atomic E-state index is 11.1. The van der Waals surface area contributed by atoms with E-state index < -0.39 is 9.84 Å². The van der Waals surface area contributed by atoms with Gasteiger partial charge < -0.3 is 4.90 Å². The van der Waals surface area contributed by atoms with Crippen molar-refractivity contribution < 1.29 is 13.2 Å². The molecule has 1 aromatic carbocycles. The van der Waals surface area contributed by atoms with E-state index in [0.717, 1.165) is 0 Å². The summed E-state index contributed by atoms with van der Waals surface area (Å²) >= 11 is 6.00.